The number of esters is 1. The normalized spacial score (nSPS) is 10.6. The van der Waals surface area contributed by atoms with Gasteiger partial charge >= 0.3 is 5.97 Å². The largest absolute Gasteiger partial charge is 0.493 e. The molecule has 0 bridgehead atoms. The van der Waals surface area contributed by atoms with Gasteiger partial charge in [0.25, 0.3) is 0 Å². The number of carbonyl (C=O) groups is 1. The number of nitrogens with zero attached hydrogens (tertiary/aromatic N) is 3. The van der Waals surface area contributed by atoms with Gasteiger partial charge in [0.15, 0.2) is 18.1 Å². The Kier molecular flexibility index (Phi) is 6.84. The summed E-state index contributed by atoms with van der Waals surface area (Å²) in [7, 11) is 3.17. The molecule has 0 atom stereocenters. The molecule has 0 saturated heterocycles. The highest BCUT2D eigenvalue weighted by Crippen LogP contribution is 2.33. The van der Waals surface area contributed by atoms with E-state index in [0.29, 0.717) is 40.2 Å². The average Bonchev–Trinajstić information content (AvgIpc) is 3.50. The Labute approximate surface area is 193 Å². The van der Waals surface area contributed by atoms with Gasteiger partial charge in [-0.05, 0) is 42.5 Å². The molecule has 33 heavy (non-hydrogen) atoms. The van der Waals surface area contributed by atoms with E-state index in [1.54, 1.807) is 45.4 Å². The smallest absolute Gasteiger partial charge is 0.338 e. The first-order valence-electron chi connectivity index (χ1n) is 9.91. The van der Waals surface area contributed by atoms with Gasteiger partial charge in [0.2, 0.25) is 11.7 Å². The summed E-state index contributed by atoms with van der Waals surface area (Å²) in [6, 6.07) is 12.2. The van der Waals surface area contributed by atoms with Crippen molar-refractivity contribution in [3.05, 3.63) is 70.8 Å². The van der Waals surface area contributed by atoms with Crippen LogP contribution in [0.2, 0.25) is 0 Å². The molecule has 0 amide bonds. The molecule has 0 saturated carbocycles. The molecule has 4 aromatic rings. The predicted molar refractivity (Wildman–Crippen MR) is 120 cm³/mol. The van der Waals surface area contributed by atoms with Gasteiger partial charge in [-0.25, -0.2) is 9.78 Å². The van der Waals surface area contributed by atoms with Crippen molar-refractivity contribution < 1.29 is 28.3 Å². The Bertz CT molecular complexity index is 1240. The van der Waals surface area contributed by atoms with E-state index in [1.807, 2.05) is 23.6 Å². The fourth-order valence-corrected chi connectivity index (χ4v) is 3.73. The quantitative estimate of drug-likeness (QED) is 0.330. The average molecular weight is 468 g/mol. The van der Waals surface area contributed by atoms with E-state index in [-0.39, 0.29) is 13.2 Å². The maximum atomic E-state index is 12.4. The molecule has 4 rings (SSSR count). The minimum Gasteiger partial charge on any atom is -0.493 e. The Morgan fingerprint density at radius 3 is 2.48 bits per heavy atom. The number of ether oxygens (including phenoxy) is 4. The van der Waals surface area contributed by atoms with Crippen molar-refractivity contribution in [1.29, 1.82) is 0 Å². The number of methoxy groups -OCH3 is 2. The summed E-state index contributed by atoms with van der Waals surface area (Å²) in [4.78, 5) is 21.0. The molecule has 10 heteroatoms. The lowest BCUT2D eigenvalue weighted by atomic mass is 10.2. The zero-order valence-corrected chi connectivity index (χ0v) is 19.0. The van der Waals surface area contributed by atoms with Gasteiger partial charge in [-0.2, -0.15) is 4.98 Å². The number of hydrogen-bond donors (Lipinski definition) is 0. The van der Waals surface area contributed by atoms with E-state index in [9.17, 15) is 4.79 Å². The van der Waals surface area contributed by atoms with Gasteiger partial charge < -0.3 is 23.5 Å². The summed E-state index contributed by atoms with van der Waals surface area (Å²) in [5.41, 5.74) is 1.96. The summed E-state index contributed by atoms with van der Waals surface area (Å²) in [5, 5.41) is 6.41. The Morgan fingerprint density at radius 2 is 1.79 bits per heavy atom. The molecular formula is C23H21N3O6S. The Balaban J connectivity index is 1.32. The maximum Gasteiger partial charge on any atom is 0.338 e. The maximum absolute atomic E-state index is 12.4. The number of hydrogen-bond acceptors (Lipinski definition) is 10. The molecule has 2 aromatic carbocycles. The van der Waals surface area contributed by atoms with E-state index in [4.69, 9.17) is 23.5 Å². The SMILES string of the molecule is COc1ccc(-c2nc(COC(=O)c3ccc(OCc4noc(C)n4)cc3)cs2)cc1OC. The highest BCUT2D eigenvalue weighted by atomic mass is 32.1. The molecule has 0 unspecified atom stereocenters. The van der Waals surface area contributed by atoms with Gasteiger partial charge in [0.05, 0.1) is 25.5 Å². The number of carbonyl (C=O) groups excluding carboxylic acids is 1. The van der Waals surface area contributed by atoms with Crippen LogP contribution < -0.4 is 14.2 Å². The molecule has 2 heterocycles. The summed E-state index contributed by atoms with van der Waals surface area (Å²) >= 11 is 1.46. The van der Waals surface area contributed by atoms with Crippen molar-refractivity contribution in [3.8, 4) is 27.8 Å². The summed E-state index contributed by atoms with van der Waals surface area (Å²) in [6.45, 7) is 1.95. The molecule has 9 nitrogen and oxygen atoms in total. The molecule has 0 fully saturated rings. The topological polar surface area (TPSA) is 106 Å². The third kappa shape index (κ3) is 5.47. The van der Waals surface area contributed by atoms with E-state index in [2.05, 4.69) is 15.1 Å². The first-order valence-corrected chi connectivity index (χ1v) is 10.8. The van der Waals surface area contributed by atoms with Crippen LogP contribution in [-0.4, -0.2) is 35.3 Å². The third-order valence-electron chi connectivity index (χ3n) is 4.56. The van der Waals surface area contributed by atoms with Crippen molar-refractivity contribution in [1.82, 2.24) is 15.1 Å². The molecule has 2 aromatic heterocycles. The zero-order valence-electron chi connectivity index (χ0n) is 18.2. The van der Waals surface area contributed by atoms with Crippen LogP contribution in [0.4, 0.5) is 0 Å². The number of benzene rings is 2. The highest BCUT2D eigenvalue weighted by molar-refractivity contribution is 7.13. The van der Waals surface area contributed by atoms with Gasteiger partial charge in [0.1, 0.15) is 17.4 Å². The molecule has 0 aliphatic heterocycles. The van der Waals surface area contributed by atoms with Crippen molar-refractivity contribution in [2.45, 2.75) is 20.1 Å². The standard InChI is InChI=1S/C23H21N3O6S/c1-14-24-21(26-32-14)12-30-18-7-4-15(5-8-18)23(27)31-11-17-13-33-22(25-17)16-6-9-19(28-2)20(10-16)29-3/h4-10,13H,11-12H2,1-3H3. The highest BCUT2D eigenvalue weighted by Gasteiger charge is 2.12. The summed E-state index contributed by atoms with van der Waals surface area (Å²) in [5.74, 6) is 2.32. The van der Waals surface area contributed by atoms with Crippen LogP contribution in [0.25, 0.3) is 10.6 Å². The fraction of sp³-hybridized carbons (Fsp3) is 0.217. The number of aryl methyl sites for hydroxylation is 1. The third-order valence-corrected chi connectivity index (χ3v) is 5.50. The van der Waals surface area contributed by atoms with Gasteiger partial charge in [0, 0.05) is 17.9 Å². The van der Waals surface area contributed by atoms with Crippen molar-refractivity contribution in [2.24, 2.45) is 0 Å². The Morgan fingerprint density at radius 1 is 1.00 bits per heavy atom. The van der Waals surface area contributed by atoms with Crippen LogP contribution in [0.3, 0.4) is 0 Å². The van der Waals surface area contributed by atoms with Crippen molar-refractivity contribution in [3.63, 3.8) is 0 Å². The molecule has 0 spiro atoms. The molecule has 170 valence electrons. The molecule has 0 aliphatic rings. The van der Waals surface area contributed by atoms with Gasteiger partial charge in [-0.15, -0.1) is 11.3 Å². The van der Waals surface area contributed by atoms with E-state index < -0.39 is 5.97 Å². The van der Waals surface area contributed by atoms with Crippen molar-refractivity contribution in [2.75, 3.05) is 14.2 Å². The second kappa shape index (κ2) is 10.1. The number of rotatable bonds is 9. The van der Waals surface area contributed by atoms with E-state index in [1.165, 1.54) is 11.3 Å². The van der Waals surface area contributed by atoms with Crippen LogP contribution in [0.5, 0.6) is 17.2 Å². The van der Waals surface area contributed by atoms with Crippen LogP contribution in [0.1, 0.15) is 27.8 Å². The lowest BCUT2D eigenvalue weighted by Crippen LogP contribution is -2.05. The summed E-state index contributed by atoms with van der Waals surface area (Å²) in [6.07, 6.45) is 0. The second-order valence-electron chi connectivity index (χ2n) is 6.83. The Hall–Kier alpha value is -3.92. The zero-order chi connectivity index (χ0) is 23.2. The van der Waals surface area contributed by atoms with Crippen LogP contribution in [0, 0.1) is 6.92 Å². The number of thiazole rings is 1. The summed E-state index contributed by atoms with van der Waals surface area (Å²) < 4.78 is 26.5. The van der Waals surface area contributed by atoms with Crippen LogP contribution in [-0.2, 0) is 18.0 Å². The monoisotopic (exact) mass is 467 g/mol. The van der Waals surface area contributed by atoms with E-state index >= 15 is 0 Å². The first-order chi connectivity index (χ1) is 16.1. The molecular weight excluding hydrogens is 446 g/mol. The first kappa shape index (κ1) is 22.3. The van der Waals surface area contributed by atoms with E-state index in [0.717, 1.165) is 10.6 Å². The van der Waals surface area contributed by atoms with Crippen molar-refractivity contribution >= 4 is 17.3 Å². The predicted octanol–water partition coefficient (Wildman–Crippen LogP) is 4.45. The minimum absolute atomic E-state index is 0.0675. The molecule has 0 N–H and O–H groups in total. The van der Waals surface area contributed by atoms with Gasteiger partial charge in [-0.3, -0.25) is 0 Å². The molecule has 0 aliphatic carbocycles. The lowest BCUT2D eigenvalue weighted by molar-refractivity contribution is 0.0468. The van der Waals surface area contributed by atoms with Crippen LogP contribution in [0.15, 0.2) is 52.4 Å². The fourth-order valence-electron chi connectivity index (χ4n) is 2.93. The van der Waals surface area contributed by atoms with Crippen LogP contribution >= 0.6 is 11.3 Å². The lowest BCUT2D eigenvalue weighted by Gasteiger charge is -2.08. The molecule has 0 radical (unpaired) electrons. The van der Waals surface area contributed by atoms with Gasteiger partial charge in [-0.1, -0.05) is 5.16 Å². The number of aromatic nitrogens is 3. The minimum atomic E-state index is -0.448. The second-order valence-corrected chi connectivity index (χ2v) is 7.69.